The topological polar surface area (TPSA) is 67.9 Å². The van der Waals surface area contributed by atoms with Crippen molar-refractivity contribution in [2.45, 2.75) is 66.5 Å². The summed E-state index contributed by atoms with van der Waals surface area (Å²) < 4.78 is 11.4. The van der Waals surface area contributed by atoms with Gasteiger partial charge in [-0.1, -0.05) is 37.3 Å². The third-order valence-electron chi connectivity index (χ3n) is 5.57. The summed E-state index contributed by atoms with van der Waals surface area (Å²) in [6.07, 6.45) is 1.42. The zero-order valence-corrected chi connectivity index (χ0v) is 20.6. The minimum Gasteiger partial charge on any atom is -0.490 e. The van der Waals surface area contributed by atoms with Crippen molar-refractivity contribution in [3.63, 3.8) is 0 Å². The first kappa shape index (κ1) is 26.2. The van der Waals surface area contributed by atoms with Crippen LogP contribution in [0.2, 0.25) is 0 Å². The van der Waals surface area contributed by atoms with Gasteiger partial charge in [-0.05, 0) is 69.4 Å². The fourth-order valence-corrected chi connectivity index (χ4v) is 3.83. The van der Waals surface area contributed by atoms with Crippen LogP contribution in [0.3, 0.4) is 0 Å². The second-order valence-corrected chi connectivity index (χ2v) is 7.91. The first-order valence-corrected chi connectivity index (χ1v) is 11.9. The number of ether oxygens (including phenoxy) is 2. The van der Waals surface area contributed by atoms with Crippen molar-refractivity contribution in [2.75, 3.05) is 19.8 Å². The van der Waals surface area contributed by atoms with Crippen LogP contribution >= 0.6 is 0 Å². The number of aryl methyl sites for hydroxylation is 2. The number of hydrogen-bond donors (Lipinski definition) is 1. The predicted octanol–water partition coefficient (Wildman–Crippen LogP) is 4.67. The number of nitrogens with zero attached hydrogens (tertiary/aromatic N) is 1. The molecule has 33 heavy (non-hydrogen) atoms. The van der Waals surface area contributed by atoms with Gasteiger partial charge in [-0.15, -0.1) is 0 Å². The van der Waals surface area contributed by atoms with Crippen LogP contribution in [0.4, 0.5) is 0 Å². The molecular weight excluding hydrogens is 416 g/mol. The van der Waals surface area contributed by atoms with Crippen molar-refractivity contribution in [3.05, 3.63) is 59.2 Å². The summed E-state index contributed by atoms with van der Waals surface area (Å²) >= 11 is 0. The van der Waals surface area contributed by atoms with Gasteiger partial charge >= 0.3 is 0 Å². The van der Waals surface area contributed by atoms with E-state index in [0.29, 0.717) is 57.1 Å². The molecule has 2 aromatic carbocycles. The highest BCUT2D eigenvalue weighted by Crippen LogP contribution is 2.29. The maximum atomic E-state index is 13.4. The molecular formula is C27H38N2O4. The van der Waals surface area contributed by atoms with E-state index in [-0.39, 0.29) is 11.8 Å². The van der Waals surface area contributed by atoms with E-state index < -0.39 is 6.04 Å². The van der Waals surface area contributed by atoms with E-state index in [1.54, 1.807) is 4.90 Å². The molecule has 0 aliphatic heterocycles. The summed E-state index contributed by atoms with van der Waals surface area (Å²) in [6.45, 7) is 11.8. The Balaban J connectivity index is 2.22. The van der Waals surface area contributed by atoms with Crippen molar-refractivity contribution >= 4 is 11.8 Å². The van der Waals surface area contributed by atoms with Crippen LogP contribution in [0.25, 0.3) is 0 Å². The van der Waals surface area contributed by atoms with Crippen molar-refractivity contribution in [3.8, 4) is 11.5 Å². The van der Waals surface area contributed by atoms with Crippen LogP contribution < -0.4 is 14.8 Å². The van der Waals surface area contributed by atoms with E-state index >= 15 is 0 Å². The molecule has 180 valence electrons. The third kappa shape index (κ3) is 7.52. The molecule has 0 aromatic heterocycles. The Kier molecular flexibility index (Phi) is 10.7. The Morgan fingerprint density at radius 3 is 2.30 bits per heavy atom. The van der Waals surface area contributed by atoms with Crippen molar-refractivity contribution in [2.24, 2.45) is 0 Å². The van der Waals surface area contributed by atoms with Crippen molar-refractivity contribution in [1.82, 2.24) is 10.2 Å². The standard InChI is InChI=1S/C27H38N2O4/c1-6-23(27(31)28-7-2)29(19-22-13-11-10-12-20(22)5)26(30)17-15-21-14-16-24(32-8-3)25(18-21)33-9-4/h10-14,16,18,23H,6-9,15,17,19H2,1-5H3,(H,28,31)/t23-/m1/s1. The molecule has 1 N–H and O–H groups in total. The number of benzene rings is 2. The molecule has 0 aliphatic rings. The number of likely N-dealkylation sites (N-methyl/N-ethyl adjacent to an activating group) is 1. The monoisotopic (exact) mass is 454 g/mol. The van der Waals surface area contributed by atoms with Gasteiger partial charge in [0.1, 0.15) is 6.04 Å². The molecule has 2 amide bonds. The number of carbonyl (C=O) groups is 2. The van der Waals surface area contributed by atoms with Crippen LogP contribution in [0.5, 0.6) is 11.5 Å². The smallest absolute Gasteiger partial charge is 0.242 e. The Labute approximate surface area is 198 Å². The van der Waals surface area contributed by atoms with Gasteiger partial charge in [0.05, 0.1) is 13.2 Å². The SMILES string of the molecule is CCNC(=O)[C@@H](CC)N(Cc1ccccc1C)C(=O)CCc1ccc(OCC)c(OCC)c1. The number of hydrogen-bond acceptors (Lipinski definition) is 4. The Morgan fingerprint density at radius 1 is 0.970 bits per heavy atom. The summed E-state index contributed by atoms with van der Waals surface area (Å²) in [7, 11) is 0. The molecule has 6 nitrogen and oxygen atoms in total. The number of nitrogens with one attached hydrogen (secondary N) is 1. The van der Waals surface area contributed by atoms with E-state index in [1.165, 1.54) is 0 Å². The van der Waals surface area contributed by atoms with Gasteiger partial charge in [0.2, 0.25) is 11.8 Å². The fraction of sp³-hybridized carbons (Fsp3) is 0.481. The molecule has 2 rings (SSSR count). The molecule has 0 aliphatic carbocycles. The maximum Gasteiger partial charge on any atom is 0.242 e. The first-order valence-electron chi connectivity index (χ1n) is 11.9. The molecule has 0 spiro atoms. The third-order valence-corrected chi connectivity index (χ3v) is 5.57. The highest BCUT2D eigenvalue weighted by molar-refractivity contribution is 5.87. The van der Waals surface area contributed by atoms with Crippen LogP contribution in [0, 0.1) is 6.92 Å². The summed E-state index contributed by atoms with van der Waals surface area (Å²) in [6, 6.07) is 13.3. The molecule has 0 radical (unpaired) electrons. The van der Waals surface area contributed by atoms with Gasteiger partial charge < -0.3 is 19.7 Å². The molecule has 1 atom stereocenters. The lowest BCUT2D eigenvalue weighted by Gasteiger charge is -2.31. The van der Waals surface area contributed by atoms with Gasteiger partial charge in [-0.25, -0.2) is 0 Å². The number of carbonyl (C=O) groups excluding carboxylic acids is 2. The van der Waals surface area contributed by atoms with E-state index in [9.17, 15) is 9.59 Å². The molecule has 0 unspecified atom stereocenters. The predicted molar refractivity (Wildman–Crippen MR) is 132 cm³/mol. The van der Waals surface area contributed by atoms with E-state index in [1.807, 2.05) is 77.1 Å². The minimum atomic E-state index is -0.503. The minimum absolute atomic E-state index is 0.0387. The molecule has 0 saturated heterocycles. The summed E-state index contributed by atoms with van der Waals surface area (Å²) in [4.78, 5) is 27.9. The van der Waals surface area contributed by atoms with Gasteiger partial charge in [0.25, 0.3) is 0 Å². The maximum absolute atomic E-state index is 13.4. The Bertz CT molecular complexity index is 913. The summed E-state index contributed by atoms with van der Waals surface area (Å²) in [5.74, 6) is 1.25. The lowest BCUT2D eigenvalue weighted by molar-refractivity contribution is -0.141. The second kappa shape index (κ2) is 13.5. The Morgan fingerprint density at radius 2 is 1.67 bits per heavy atom. The van der Waals surface area contributed by atoms with Gasteiger partial charge in [0, 0.05) is 19.5 Å². The quantitative estimate of drug-likeness (QED) is 0.478. The Hall–Kier alpha value is -3.02. The highest BCUT2D eigenvalue weighted by atomic mass is 16.5. The van der Waals surface area contributed by atoms with Crippen LogP contribution in [-0.4, -0.2) is 42.5 Å². The number of amides is 2. The lowest BCUT2D eigenvalue weighted by atomic mass is 10.0. The molecule has 2 aromatic rings. The van der Waals surface area contributed by atoms with Gasteiger partial charge in [-0.2, -0.15) is 0 Å². The zero-order valence-electron chi connectivity index (χ0n) is 20.6. The largest absolute Gasteiger partial charge is 0.490 e. The zero-order chi connectivity index (χ0) is 24.2. The summed E-state index contributed by atoms with van der Waals surface area (Å²) in [5, 5.41) is 2.88. The van der Waals surface area contributed by atoms with Crippen LogP contribution in [-0.2, 0) is 22.6 Å². The van der Waals surface area contributed by atoms with Crippen LogP contribution in [0.1, 0.15) is 57.2 Å². The fourth-order valence-electron chi connectivity index (χ4n) is 3.83. The van der Waals surface area contributed by atoms with Crippen molar-refractivity contribution < 1.29 is 19.1 Å². The summed E-state index contributed by atoms with van der Waals surface area (Å²) in [5.41, 5.74) is 3.15. The van der Waals surface area contributed by atoms with E-state index in [0.717, 1.165) is 16.7 Å². The van der Waals surface area contributed by atoms with Gasteiger partial charge in [-0.3, -0.25) is 9.59 Å². The van der Waals surface area contributed by atoms with Crippen molar-refractivity contribution in [1.29, 1.82) is 0 Å². The molecule has 0 saturated carbocycles. The van der Waals surface area contributed by atoms with Gasteiger partial charge in [0.15, 0.2) is 11.5 Å². The van der Waals surface area contributed by atoms with Crippen LogP contribution in [0.15, 0.2) is 42.5 Å². The number of rotatable bonds is 13. The molecule has 0 fully saturated rings. The average Bonchev–Trinajstić information content (AvgIpc) is 2.80. The molecule has 6 heteroatoms. The molecule has 0 bridgehead atoms. The van der Waals surface area contributed by atoms with E-state index in [4.69, 9.17) is 9.47 Å². The first-order chi connectivity index (χ1) is 15.9. The average molecular weight is 455 g/mol. The van der Waals surface area contributed by atoms with E-state index in [2.05, 4.69) is 5.32 Å². The lowest BCUT2D eigenvalue weighted by Crippen LogP contribution is -2.49. The normalized spacial score (nSPS) is 11.5. The molecule has 0 heterocycles. The second-order valence-electron chi connectivity index (χ2n) is 7.91. The highest BCUT2D eigenvalue weighted by Gasteiger charge is 2.28.